The molecule has 132 valence electrons. The number of hydrogen-bond acceptors (Lipinski definition) is 4. The third-order valence-corrected chi connectivity index (χ3v) is 4.85. The molecule has 26 heavy (non-hydrogen) atoms. The monoisotopic (exact) mass is 366 g/mol. The van der Waals surface area contributed by atoms with Crippen molar-refractivity contribution in [3.05, 3.63) is 69.6 Å². The number of amidine groups is 1. The van der Waals surface area contributed by atoms with Crippen LogP contribution in [0.2, 0.25) is 0 Å². The van der Waals surface area contributed by atoms with Crippen LogP contribution in [0.1, 0.15) is 34.0 Å². The number of carbonyl (C=O) groups excluding carboxylic acids is 1. The van der Waals surface area contributed by atoms with E-state index in [0.717, 1.165) is 17.5 Å². The van der Waals surface area contributed by atoms with Crippen molar-refractivity contribution in [1.82, 2.24) is 5.32 Å². The Hall–Kier alpha value is -2.86. The average molecular weight is 366 g/mol. The van der Waals surface area contributed by atoms with Gasteiger partial charge in [-0.15, -0.1) is 0 Å². The van der Waals surface area contributed by atoms with Gasteiger partial charge in [0, 0.05) is 0 Å². The van der Waals surface area contributed by atoms with Crippen LogP contribution in [0.5, 0.6) is 0 Å². The van der Waals surface area contributed by atoms with Gasteiger partial charge in [-0.05, 0) is 60.0 Å². The number of thioether (sulfide) groups is 1. The normalized spacial score (nSPS) is 16.9. The van der Waals surface area contributed by atoms with Gasteiger partial charge in [0.2, 0.25) is 0 Å². The Labute approximate surface area is 155 Å². The van der Waals surface area contributed by atoms with Crippen LogP contribution in [0.15, 0.2) is 52.4 Å². The van der Waals surface area contributed by atoms with Crippen LogP contribution in [0.3, 0.4) is 0 Å². The Kier molecular flexibility index (Phi) is 5.23. The third kappa shape index (κ3) is 4.03. The van der Waals surface area contributed by atoms with Gasteiger partial charge in [0.15, 0.2) is 5.17 Å². The molecule has 2 aromatic rings. The van der Waals surface area contributed by atoms with E-state index in [4.69, 9.17) is 0 Å². The predicted molar refractivity (Wildman–Crippen MR) is 105 cm³/mol. The van der Waals surface area contributed by atoms with Crippen molar-refractivity contribution in [2.75, 3.05) is 0 Å². The molecule has 1 heterocycles. The number of rotatable bonds is 4. The molecule has 6 heteroatoms. The van der Waals surface area contributed by atoms with Gasteiger partial charge in [0.1, 0.15) is 0 Å². The molecule has 0 bridgehead atoms. The highest BCUT2D eigenvalue weighted by atomic mass is 32.2. The highest BCUT2D eigenvalue weighted by molar-refractivity contribution is 8.18. The molecule has 0 unspecified atom stereocenters. The molecule has 2 aromatic carbocycles. The quantitative estimate of drug-likeness (QED) is 0.797. The summed E-state index contributed by atoms with van der Waals surface area (Å²) in [4.78, 5) is 28.4. The number of benzene rings is 2. The van der Waals surface area contributed by atoms with Crippen LogP contribution in [-0.4, -0.2) is 22.2 Å². The van der Waals surface area contributed by atoms with Crippen molar-refractivity contribution >= 4 is 40.6 Å². The number of aromatic carboxylic acids is 1. The summed E-state index contributed by atoms with van der Waals surface area (Å²) in [6, 6.07) is 12.9. The van der Waals surface area contributed by atoms with Crippen molar-refractivity contribution in [3.63, 3.8) is 0 Å². The fraction of sp³-hybridized carbons (Fsp3) is 0.150. The standard InChI is InChI=1S/C20H18N2O3S/c1-3-13-5-7-14(8-6-13)11-17-18(23)22-20(26-17)21-16-10-12(2)4-9-15(16)19(24)25/h4-11H,3H2,1-2H3,(H,24,25)(H,21,22,23)/b17-11-. The zero-order chi connectivity index (χ0) is 18.7. The third-order valence-electron chi connectivity index (χ3n) is 3.94. The van der Waals surface area contributed by atoms with Crippen LogP contribution in [0.25, 0.3) is 6.08 Å². The van der Waals surface area contributed by atoms with Crippen LogP contribution < -0.4 is 5.32 Å². The second-order valence-corrected chi connectivity index (χ2v) is 6.93. The van der Waals surface area contributed by atoms with Gasteiger partial charge in [-0.1, -0.05) is 37.3 Å². The van der Waals surface area contributed by atoms with Crippen LogP contribution in [-0.2, 0) is 11.2 Å². The minimum Gasteiger partial charge on any atom is -0.478 e. The number of carboxylic acids is 1. The smallest absolute Gasteiger partial charge is 0.337 e. The lowest BCUT2D eigenvalue weighted by Crippen LogP contribution is -2.19. The summed E-state index contributed by atoms with van der Waals surface area (Å²) in [5.41, 5.74) is 3.50. The van der Waals surface area contributed by atoms with E-state index in [2.05, 4.69) is 17.2 Å². The van der Waals surface area contributed by atoms with E-state index >= 15 is 0 Å². The molecule has 0 aromatic heterocycles. The molecule has 1 aliphatic rings. The van der Waals surface area contributed by atoms with Gasteiger partial charge in [-0.3, -0.25) is 4.79 Å². The van der Waals surface area contributed by atoms with Gasteiger partial charge in [-0.25, -0.2) is 9.79 Å². The molecule has 1 saturated heterocycles. The predicted octanol–water partition coefficient (Wildman–Crippen LogP) is 4.15. The average Bonchev–Trinajstić information content (AvgIpc) is 2.94. The topological polar surface area (TPSA) is 78.8 Å². The molecule has 1 amide bonds. The Balaban J connectivity index is 1.87. The fourth-order valence-corrected chi connectivity index (χ4v) is 3.34. The zero-order valence-corrected chi connectivity index (χ0v) is 15.3. The summed E-state index contributed by atoms with van der Waals surface area (Å²) >= 11 is 1.20. The molecule has 1 fully saturated rings. The first kappa shape index (κ1) is 17.9. The number of aryl methyl sites for hydroxylation is 2. The van der Waals surface area contributed by atoms with E-state index in [1.54, 1.807) is 18.2 Å². The maximum atomic E-state index is 12.2. The molecule has 2 N–H and O–H groups in total. The molecule has 5 nitrogen and oxygen atoms in total. The van der Waals surface area contributed by atoms with Crippen molar-refractivity contribution in [1.29, 1.82) is 0 Å². The fourth-order valence-electron chi connectivity index (χ4n) is 2.51. The first-order valence-electron chi connectivity index (χ1n) is 8.18. The van der Waals surface area contributed by atoms with Gasteiger partial charge >= 0.3 is 5.97 Å². The minimum absolute atomic E-state index is 0.102. The number of aliphatic imine (C=N–C) groups is 1. The van der Waals surface area contributed by atoms with Crippen molar-refractivity contribution in [2.45, 2.75) is 20.3 Å². The number of nitrogens with zero attached hydrogens (tertiary/aromatic N) is 1. The Morgan fingerprint density at radius 1 is 1.23 bits per heavy atom. The summed E-state index contributed by atoms with van der Waals surface area (Å²) < 4.78 is 0. The van der Waals surface area contributed by atoms with Crippen LogP contribution in [0, 0.1) is 6.92 Å². The Morgan fingerprint density at radius 3 is 2.62 bits per heavy atom. The molecule has 0 radical (unpaired) electrons. The molecular weight excluding hydrogens is 348 g/mol. The second kappa shape index (κ2) is 7.58. The molecule has 0 saturated carbocycles. The lowest BCUT2D eigenvalue weighted by molar-refractivity contribution is -0.115. The van der Waals surface area contributed by atoms with Gasteiger partial charge in [0.05, 0.1) is 16.2 Å². The molecule has 0 atom stereocenters. The Bertz CT molecular complexity index is 931. The molecule has 1 aliphatic heterocycles. The van der Waals surface area contributed by atoms with E-state index in [1.807, 2.05) is 31.2 Å². The number of amides is 1. The zero-order valence-electron chi connectivity index (χ0n) is 14.4. The van der Waals surface area contributed by atoms with Crippen molar-refractivity contribution in [3.8, 4) is 0 Å². The lowest BCUT2D eigenvalue weighted by Gasteiger charge is -2.03. The highest BCUT2D eigenvalue weighted by Crippen LogP contribution is 2.29. The van der Waals surface area contributed by atoms with Crippen LogP contribution >= 0.6 is 11.8 Å². The largest absolute Gasteiger partial charge is 0.478 e. The first-order chi connectivity index (χ1) is 12.5. The van der Waals surface area contributed by atoms with E-state index in [9.17, 15) is 14.7 Å². The van der Waals surface area contributed by atoms with Crippen molar-refractivity contribution in [2.24, 2.45) is 4.99 Å². The van der Waals surface area contributed by atoms with Crippen molar-refractivity contribution < 1.29 is 14.7 Å². The van der Waals surface area contributed by atoms with Crippen LogP contribution in [0.4, 0.5) is 5.69 Å². The highest BCUT2D eigenvalue weighted by Gasteiger charge is 2.24. The van der Waals surface area contributed by atoms with Gasteiger partial charge in [-0.2, -0.15) is 0 Å². The molecule has 0 aliphatic carbocycles. The summed E-state index contributed by atoms with van der Waals surface area (Å²) in [6.07, 6.45) is 2.77. The summed E-state index contributed by atoms with van der Waals surface area (Å²) in [7, 11) is 0. The summed E-state index contributed by atoms with van der Waals surface area (Å²) in [5, 5.41) is 12.4. The molecule has 0 spiro atoms. The number of carbonyl (C=O) groups is 2. The van der Waals surface area contributed by atoms with E-state index in [1.165, 1.54) is 23.4 Å². The minimum atomic E-state index is -1.05. The second-order valence-electron chi connectivity index (χ2n) is 5.90. The number of nitrogens with one attached hydrogen (secondary N) is 1. The Morgan fingerprint density at radius 2 is 1.96 bits per heavy atom. The number of hydrogen-bond donors (Lipinski definition) is 2. The van der Waals surface area contributed by atoms with E-state index < -0.39 is 5.97 Å². The van der Waals surface area contributed by atoms with Gasteiger partial charge < -0.3 is 10.4 Å². The lowest BCUT2D eigenvalue weighted by atomic mass is 10.1. The van der Waals surface area contributed by atoms with E-state index in [-0.39, 0.29) is 11.5 Å². The molecule has 3 rings (SSSR count). The number of carboxylic acid groups (broad SMARTS) is 1. The first-order valence-corrected chi connectivity index (χ1v) is 9.00. The SMILES string of the molecule is CCc1ccc(/C=C2\SC(=Nc3cc(C)ccc3C(=O)O)NC2=O)cc1. The van der Waals surface area contributed by atoms with E-state index in [0.29, 0.717) is 15.8 Å². The summed E-state index contributed by atoms with van der Waals surface area (Å²) in [6.45, 7) is 3.95. The maximum absolute atomic E-state index is 12.2. The maximum Gasteiger partial charge on any atom is 0.337 e. The van der Waals surface area contributed by atoms with Gasteiger partial charge in [0.25, 0.3) is 5.91 Å². The summed E-state index contributed by atoms with van der Waals surface area (Å²) in [5.74, 6) is -1.29. The molecular formula is C20H18N2O3S.